The maximum atomic E-state index is 13.4. The van der Waals surface area contributed by atoms with Gasteiger partial charge >= 0.3 is 0 Å². The number of carbonyl (C=O) groups is 1. The SMILES string of the molecule is O=C([C@@H]1CCCN1C1=NS(=O)(=O)c2ccccc21)N1CCCC(C2OCCO2)C1. The molecule has 2 atom stereocenters. The third-order valence-corrected chi connectivity index (χ3v) is 7.55. The fourth-order valence-corrected chi connectivity index (χ4v) is 6.08. The van der Waals surface area contributed by atoms with Crippen LogP contribution in [-0.2, 0) is 24.3 Å². The number of piperidine rings is 1. The van der Waals surface area contributed by atoms with E-state index < -0.39 is 10.0 Å². The van der Waals surface area contributed by atoms with E-state index >= 15 is 0 Å². The minimum Gasteiger partial charge on any atom is -0.350 e. The van der Waals surface area contributed by atoms with Crippen LogP contribution in [-0.4, -0.2) is 75.1 Å². The molecule has 0 aromatic heterocycles. The Morgan fingerprint density at radius 1 is 1.07 bits per heavy atom. The summed E-state index contributed by atoms with van der Waals surface area (Å²) in [5.74, 6) is 0.650. The first-order valence-corrected chi connectivity index (χ1v) is 11.7. The van der Waals surface area contributed by atoms with Crippen LogP contribution < -0.4 is 0 Å². The van der Waals surface area contributed by atoms with Crippen molar-refractivity contribution >= 4 is 21.8 Å². The fourth-order valence-electron chi connectivity index (χ4n) is 4.86. The number of carbonyl (C=O) groups excluding carboxylic acids is 1. The molecule has 4 aliphatic rings. The van der Waals surface area contributed by atoms with E-state index in [0.29, 0.717) is 50.7 Å². The van der Waals surface area contributed by atoms with Gasteiger partial charge in [-0.25, -0.2) is 0 Å². The van der Waals surface area contributed by atoms with Crippen LogP contribution in [0.4, 0.5) is 0 Å². The number of hydrogen-bond acceptors (Lipinski definition) is 6. The van der Waals surface area contributed by atoms with Crippen LogP contribution in [0.15, 0.2) is 33.6 Å². The van der Waals surface area contributed by atoms with Crippen LogP contribution in [0.5, 0.6) is 0 Å². The molecular formula is C20H25N3O5S. The van der Waals surface area contributed by atoms with Crippen molar-refractivity contribution in [2.45, 2.75) is 42.9 Å². The molecule has 156 valence electrons. The second kappa shape index (κ2) is 7.37. The Balaban J connectivity index is 1.37. The molecule has 0 aliphatic carbocycles. The molecule has 0 saturated carbocycles. The molecule has 1 amide bonds. The molecule has 8 nitrogen and oxygen atoms in total. The molecule has 0 bridgehead atoms. The number of ether oxygens (including phenoxy) is 2. The van der Waals surface area contributed by atoms with Crippen molar-refractivity contribution in [1.29, 1.82) is 0 Å². The molecular weight excluding hydrogens is 394 g/mol. The highest BCUT2D eigenvalue weighted by molar-refractivity contribution is 7.90. The number of hydrogen-bond donors (Lipinski definition) is 0. The highest BCUT2D eigenvalue weighted by Gasteiger charge is 2.42. The number of likely N-dealkylation sites (tertiary alicyclic amines) is 2. The van der Waals surface area contributed by atoms with Crippen LogP contribution in [0.25, 0.3) is 0 Å². The number of fused-ring (bicyclic) bond motifs is 1. The van der Waals surface area contributed by atoms with E-state index in [4.69, 9.17) is 9.47 Å². The van der Waals surface area contributed by atoms with Crippen molar-refractivity contribution in [3.8, 4) is 0 Å². The molecule has 1 aromatic rings. The number of rotatable bonds is 2. The van der Waals surface area contributed by atoms with Gasteiger partial charge in [-0.1, -0.05) is 12.1 Å². The summed E-state index contributed by atoms with van der Waals surface area (Å²) in [6.45, 7) is 3.19. The minimum absolute atomic E-state index is 0.0506. The average Bonchev–Trinajstić information content (AvgIpc) is 3.47. The van der Waals surface area contributed by atoms with Crippen LogP contribution in [0.2, 0.25) is 0 Å². The second-order valence-corrected chi connectivity index (χ2v) is 9.61. The molecule has 9 heteroatoms. The van der Waals surface area contributed by atoms with Gasteiger partial charge in [0.05, 0.1) is 13.2 Å². The Kier molecular flexibility index (Phi) is 4.84. The van der Waals surface area contributed by atoms with Gasteiger partial charge in [0, 0.05) is 31.1 Å². The maximum absolute atomic E-state index is 13.4. The van der Waals surface area contributed by atoms with E-state index in [2.05, 4.69) is 4.40 Å². The van der Waals surface area contributed by atoms with Crippen LogP contribution >= 0.6 is 0 Å². The van der Waals surface area contributed by atoms with Gasteiger partial charge < -0.3 is 19.3 Å². The highest BCUT2D eigenvalue weighted by atomic mass is 32.2. The largest absolute Gasteiger partial charge is 0.350 e. The summed E-state index contributed by atoms with van der Waals surface area (Å²) in [6.07, 6.45) is 3.23. The quantitative estimate of drug-likeness (QED) is 0.716. The summed E-state index contributed by atoms with van der Waals surface area (Å²) in [5.41, 5.74) is 0.594. The standard InChI is InChI=1S/C20H25N3O5S/c24-19(22-9-3-5-14(13-22)20-27-11-12-28-20)16-7-4-10-23(16)18-15-6-1-2-8-17(15)29(25,26)21-18/h1-2,6,8,14,16,20H,3-5,7,9-13H2/t14?,16-/m0/s1. The molecule has 1 aromatic carbocycles. The van der Waals surface area contributed by atoms with E-state index in [1.165, 1.54) is 0 Å². The van der Waals surface area contributed by atoms with Gasteiger partial charge in [0.25, 0.3) is 10.0 Å². The molecule has 5 rings (SSSR count). The summed E-state index contributed by atoms with van der Waals surface area (Å²) >= 11 is 0. The molecule has 0 radical (unpaired) electrons. The summed E-state index contributed by atoms with van der Waals surface area (Å²) in [5, 5.41) is 0. The van der Waals surface area contributed by atoms with E-state index in [1.54, 1.807) is 24.3 Å². The maximum Gasteiger partial charge on any atom is 0.285 e. The van der Waals surface area contributed by atoms with Crippen molar-refractivity contribution in [1.82, 2.24) is 9.80 Å². The Bertz CT molecular complexity index is 941. The first kappa shape index (κ1) is 19.0. The first-order valence-electron chi connectivity index (χ1n) is 10.3. The Labute approximate surface area is 170 Å². The summed E-state index contributed by atoms with van der Waals surface area (Å²) in [4.78, 5) is 17.4. The lowest BCUT2D eigenvalue weighted by Crippen LogP contribution is -2.51. The third kappa shape index (κ3) is 3.35. The van der Waals surface area contributed by atoms with Gasteiger partial charge in [-0.2, -0.15) is 8.42 Å². The molecule has 0 spiro atoms. The van der Waals surface area contributed by atoms with Crippen molar-refractivity contribution in [2.24, 2.45) is 10.3 Å². The molecule has 29 heavy (non-hydrogen) atoms. The molecule has 0 N–H and O–H groups in total. The number of amides is 1. The number of sulfonamides is 1. The van der Waals surface area contributed by atoms with Gasteiger partial charge in [-0.05, 0) is 37.8 Å². The number of amidine groups is 1. The normalized spacial score (nSPS) is 29.2. The fraction of sp³-hybridized carbons (Fsp3) is 0.600. The lowest BCUT2D eigenvalue weighted by atomic mass is 9.96. The number of nitrogens with zero attached hydrogens (tertiary/aromatic N) is 3. The van der Waals surface area contributed by atoms with Gasteiger partial charge in [0.15, 0.2) is 12.1 Å². The first-order chi connectivity index (χ1) is 14.0. The zero-order chi connectivity index (χ0) is 20.0. The zero-order valence-corrected chi connectivity index (χ0v) is 17.0. The highest BCUT2D eigenvalue weighted by Crippen LogP contribution is 2.32. The number of benzene rings is 1. The second-order valence-electron chi connectivity index (χ2n) is 8.03. The molecule has 1 unspecified atom stereocenters. The van der Waals surface area contributed by atoms with E-state index in [0.717, 1.165) is 19.3 Å². The van der Waals surface area contributed by atoms with E-state index in [9.17, 15) is 13.2 Å². The van der Waals surface area contributed by atoms with Gasteiger partial charge in [-0.3, -0.25) is 4.79 Å². The van der Waals surface area contributed by atoms with Crippen molar-refractivity contribution in [3.05, 3.63) is 29.8 Å². The van der Waals surface area contributed by atoms with Crippen LogP contribution in [0.3, 0.4) is 0 Å². The van der Waals surface area contributed by atoms with E-state index in [-0.39, 0.29) is 29.1 Å². The zero-order valence-electron chi connectivity index (χ0n) is 16.2. The molecule has 4 aliphatic heterocycles. The summed E-state index contributed by atoms with van der Waals surface area (Å²) < 4.78 is 40.2. The summed E-state index contributed by atoms with van der Waals surface area (Å²) in [7, 11) is -3.70. The van der Waals surface area contributed by atoms with Crippen molar-refractivity contribution < 1.29 is 22.7 Å². The predicted octanol–water partition coefficient (Wildman–Crippen LogP) is 1.21. The average molecular weight is 420 g/mol. The molecule has 3 fully saturated rings. The van der Waals surface area contributed by atoms with Gasteiger partial charge in [0.1, 0.15) is 10.9 Å². The van der Waals surface area contributed by atoms with Crippen molar-refractivity contribution in [2.75, 3.05) is 32.8 Å². The molecule has 4 heterocycles. The third-order valence-electron chi connectivity index (χ3n) is 6.22. The van der Waals surface area contributed by atoms with Gasteiger partial charge in [0.2, 0.25) is 5.91 Å². The topological polar surface area (TPSA) is 88.5 Å². The smallest absolute Gasteiger partial charge is 0.285 e. The molecule has 3 saturated heterocycles. The monoisotopic (exact) mass is 419 g/mol. The summed E-state index contributed by atoms with van der Waals surface area (Å²) in [6, 6.07) is 6.47. The van der Waals surface area contributed by atoms with E-state index in [1.807, 2.05) is 9.80 Å². The Morgan fingerprint density at radius 3 is 2.66 bits per heavy atom. The minimum atomic E-state index is -3.70. The lowest BCUT2D eigenvalue weighted by Gasteiger charge is -2.37. The van der Waals surface area contributed by atoms with Gasteiger partial charge in [-0.15, -0.1) is 4.40 Å². The predicted molar refractivity (Wildman–Crippen MR) is 105 cm³/mol. The van der Waals surface area contributed by atoms with Crippen LogP contribution in [0, 0.1) is 5.92 Å². The lowest BCUT2D eigenvalue weighted by molar-refractivity contribution is -0.142. The van der Waals surface area contributed by atoms with Crippen LogP contribution in [0.1, 0.15) is 31.2 Å². The van der Waals surface area contributed by atoms with Crippen molar-refractivity contribution in [3.63, 3.8) is 0 Å². The Hall–Kier alpha value is -1.97. The Morgan fingerprint density at radius 2 is 1.83 bits per heavy atom.